The first-order valence-electron chi connectivity index (χ1n) is 6.36. The van der Waals surface area contributed by atoms with E-state index in [0.29, 0.717) is 13.2 Å². The van der Waals surface area contributed by atoms with Gasteiger partial charge in [0.05, 0.1) is 19.8 Å². The Balaban J connectivity index is 2.92. The van der Waals surface area contributed by atoms with Crippen LogP contribution < -0.4 is 15.2 Å². The molecule has 0 saturated heterocycles. The maximum Gasteiger partial charge on any atom is 0.244 e. The van der Waals surface area contributed by atoms with Crippen LogP contribution in [-0.2, 0) is 26.0 Å². The number of rotatable bonds is 9. The summed E-state index contributed by atoms with van der Waals surface area (Å²) >= 11 is 0. The fraction of sp³-hybridized carbons (Fsp3) is 0.538. The maximum atomic E-state index is 12.3. The Kier molecular flexibility index (Phi) is 7.06. The summed E-state index contributed by atoms with van der Waals surface area (Å²) in [5.41, 5.74) is 6.32. The molecule has 0 fully saturated rings. The van der Waals surface area contributed by atoms with Crippen molar-refractivity contribution in [2.45, 2.75) is 17.5 Å². The van der Waals surface area contributed by atoms with Crippen LogP contribution in [-0.4, -0.2) is 49.0 Å². The molecule has 1 unspecified atom stereocenters. The zero-order valence-corrected chi connectivity index (χ0v) is 13.3. The van der Waals surface area contributed by atoms with Crippen LogP contribution in [0, 0.1) is 0 Å². The second-order valence-electron chi connectivity index (χ2n) is 4.35. The van der Waals surface area contributed by atoms with Gasteiger partial charge in [-0.2, -0.15) is 0 Å². The number of ether oxygens (including phenoxy) is 3. The molecular weight excluding hydrogens is 296 g/mol. The van der Waals surface area contributed by atoms with Gasteiger partial charge in [0.2, 0.25) is 10.0 Å². The third-order valence-corrected chi connectivity index (χ3v) is 4.40. The number of sulfonamides is 1. The maximum absolute atomic E-state index is 12.3. The molecule has 1 aromatic carbocycles. The smallest absolute Gasteiger partial charge is 0.244 e. The molecule has 0 spiro atoms. The first kappa shape index (κ1) is 17.9. The Morgan fingerprint density at radius 2 is 2.00 bits per heavy atom. The van der Waals surface area contributed by atoms with E-state index < -0.39 is 10.0 Å². The molecule has 0 aliphatic carbocycles. The molecule has 21 heavy (non-hydrogen) atoms. The van der Waals surface area contributed by atoms with Crippen LogP contribution >= 0.6 is 0 Å². The average Bonchev–Trinajstić information content (AvgIpc) is 2.50. The van der Waals surface area contributed by atoms with Crippen LogP contribution in [0.3, 0.4) is 0 Å². The van der Waals surface area contributed by atoms with Gasteiger partial charge in [-0.1, -0.05) is 6.07 Å². The SMILES string of the molecule is COCC(CNS(=O)(=O)c1ccc(CN)cc1OC)OC. The molecule has 0 aromatic heterocycles. The lowest BCUT2D eigenvalue weighted by Gasteiger charge is -2.16. The van der Waals surface area contributed by atoms with Crippen molar-refractivity contribution in [2.75, 3.05) is 34.5 Å². The van der Waals surface area contributed by atoms with E-state index in [1.807, 2.05) is 0 Å². The molecule has 1 rings (SSSR count). The minimum absolute atomic E-state index is 0.0643. The van der Waals surface area contributed by atoms with Gasteiger partial charge in [0, 0.05) is 27.3 Å². The predicted octanol–water partition coefficient (Wildman–Crippen LogP) is 0.0936. The highest BCUT2D eigenvalue weighted by Gasteiger charge is 2.21. The van der Waals surface area contributed by atoms with Crippen LogP contribution in [0.4, 0.5) is 0 Å². The van der Waals surface area contributed by atoms with Crippen LogP contribution in [0.1, 0.15) is 5.56 Å². The van der Waals surface area contributed by atoms with Crippen LogP contribution in [0.15, 0.2) is 23.1 Å². The van der Waals surface area contributed by atoms with Gasteiger partial charge in [0.15, 0.2) is 0 Å². The van der Waals surface area contributed by atoms with Gasteiger partial charge in [-0.05, 0) is 17.7 Å². The molecule has 1 atom stereocenters. The molecule has 0 radical (unpaired) electrons. The number of methoxy groups -OCH3 is 3. The van der Waals surface area contributed by atoms with E-state index in [2.05, 4.69) is 4.72 Å². The van der Waals surface area contributed by atoms with E-state index in [9.17, 15) is 8.42 Å². The van der Waals surface area contributed by atoms with Crippen molar-refractivity contribution in [3.63, 3.8) is 0 Å². The monoisotopic (exact) mass is 318 g/mol. The lowest BCUT2D eigenvalue weighted by molar-refractivity contribution is 0.0320. The predicted molar refractivity (Wildman–Crippen MR) is 78.7 cm³/mol. The second-order valence-corrected chi connectivity index (χ2v) is 6.09. The van der Waals surface area contributed by atoms with E-state index in [1.165, 1.54) is 27.4 Å². The highest BCUT2D eigenvalue weighted by atomic mass is 32.2. The molecule has 0 saturated carbocycles. The van der Waals surface area contributed by atoms with Crippen LogP contribution in [0.25, 0.3) is 0 Å². The van der Waals surface area contributed by atoms with Crippen molar-refractivity contribution in [3.8, 4) is 5.75 Å². The zero-order chi connectivity index (χ0) is 15.9. The molecule has 0 heterocycles. The summed E-state index contributed by atoms with van der Waals surface area (Å²) in [5.74, 6) is 0.256. The number of nitrogens with two attached hydrogens (primary N) is 1. The topological polar surface area (TPSA) is 99.9 Å². The Morgan fingerprint density at radius 1 is 1.29 bits per heavy atom. The van der Waals surface area contributed by atoms with Crippen molar-refractivity contribution in [1.82, 2.24) is 4.72 Å². The normalized spacial score (nSPS) is 13.1. The van der Waals surface area contributed by atoms with Gasteiger partial charge in [-0.15, -0.1) is 0 Å². The van der Waals surface area contributed by atoms with Gasteiger partial charge >= 0.3 is 0 Å². The lowest BCUT2D eigenvalue weighted by Crippen LogP contribution is -2.35. The van der Waals surface area contributed by atoms with Gasteiger partial charge in [0.25, 0.3) is 0 Å². The van der Waals surface area contributed by atoms with Gasteiger partial charge in [-0.3, -0.25) is 0 Å². The largest absolute Gasteiger partial charge is 0.495 e. The third kappa shape index (κ3) is 4.94. The molecule has 120 valence electrons. The van der Waals surface area contributed by atoms with E-state index >= 15 is 0 Å². The number of hydrogen-bond acceptors (Lipinski definition) is 6. The second kappa shape index (κ2) is 8.30. The lowest BCUT2D eigenvalue weighted by atomic mass is 10.2. The first-order valence-corrected chi connectivity index (χ1v) is 7.85. The Bertz CT molecular complexity index is 547. The quantitative estimate of drug-likeness (QED) is 0.669. The third-order valence-electron chi connectivity index (χ3n) is 2.94. The van der Waals surface area contributed by atoms with E-state index in [4.69, 9.17) is 19.9 Å². The van der Waals surface area contributed by atoms with Crippen molar-refractivity contribution in [3.05, 3.63) is 23.8 Å². The molecule has 1 aromatic rings. The van der Waals surface area contributed by atoms with Gasteiger partial charge in [0.1, 0.15) is 10.6 Å². The molecule has 3 N–H and O–H groups in total. The highest BCUT2D eigenvalue weighted by molar-refractivity contribution is 7.89. The Morgan fingerprint density at radius 3 is 2.52 bits per heavy atom. The van der Waals surface area contributed by atoms with Gasteiger partial charge < -0.3 is 19.9 Å². The molecule has 0 bridgehead atoms. The van der Waals surface area contributed by atoms with Crippen LogP contribution in [0.5, 0.6) is 5.75 Å². The molecule has 0 aliphatic rings. The fourth-order valence-corrected chi connectivity index (χ4v) is 2.95. The van der Waals surface area contributed by atoms with Crippen molar-refractivity contribution in [1.29, 1.82) is 0 Å². The standard InChI is InChI=1S/C13H22N2O5S/c1-18-9-11(19-2)8-15-21(16,17)13-5-4-10(7-14)6-12(13)20-3/h4-6,11,15H,7-9,14H2,1-3H3. The van der Waals surface area contributed by atoms with E-state index in [0.717, 1.165) is 5.56 Å². The summed E-state index contributed by atoms with van der Waals surface area (Å²) < 4.78 is 42.3. The Labute approximate surface area is 125 Å². The number of hydrogen-bond donors (Lipinski definition) is 2. The summed E-state index contributed by atoms with van der Waals surface area (Å²) in [6.07, 6.45) is -0.362. The van der Waals surface area contributed by atoms with Gasteiger partial charge in [-0.25, -0.2) is 13.1 Å². The van der Waals surface area contributed by atoms with Crippen LogP contribution in [0.2, 0.25) is 0 Å². The van der Waals surface area contributed by atoms with E-state index in [-0.39, 0.29) is 23.3 Å². The van der Waals surface area contributed by atoms with Crippen molar-refractivity contribution >= 4 is 10.0 Å². The zero-order valence-electron chi connectivity index (χ0n) is 12.5. The molecule has 7 nitrogen and oxygen atoms in total. The number of nitrogens with one attached hydrogen (secondary N) is 1. The average molecular weight is 318 g/mol. The summed E-state index contributed by atoms with van der Waals surface area (Å²) in [6, 6.07) is 4.74. The van der Waals surface area contributed by atoms with E-state index in [1.54, 1.807) is 12.1 Å². The molecule has 0 amide bonds. The summed E-state index contributed by atoms with van der Waals surface area (Å²) in [6.45, 7) is 0.709. The molecular formula is C13H22N2O5S. The highest BCUT2D eigenvalue weighted by Crippen LogP contribution is 2.24. The Hall–Kier alpha value is -1.19. The summed E-state index contributed by atoms with van der Waals surface area (Å²) in [4.78, 5) is 0.0643. The van der Waals surface area contributed by atoms with Crippen molar-refractivity contribution < 1.29 is 22.6 Å². The molecule has 0 aliphatic heterocycles. The van der Waals surface area contributed by atoms with Crippen molar-refractivity contribution in [2.24, 2.45) is 5.73 Å². The minimum Gasteiger partial charge on any atom is -0.495 e. The summed E-state index contributed by atoms with van der Waals surface area (Å²) in [7, 11) is 0.729. The minimum atomic E-state index is -3.70. The fourth-order valence-electron chi connectivity index (χ4n) is 1.74. The summed E-state index contributed by atoms with van der Waals surface area (Å²) in [5, 5.41) is 0. The first-order chi connectivity index (χ1) is 9.98. The number of benzene rings is 1. The molecule has 8 heteroatoms.